The van der Waals surface area contributed by atoms with Crippen LogP contribution in [0.2, 0.25) is 0 Å². The molecule has 0 saturated carbocycles. The van der Waals surface area contributed by atoms with Crippen molar-refractivity contribution in [3.05, 3.63) is 101 Å². The number of alkyl halides is 6. The molecule has 2 amide bonds. The number of aromatic nitrogens is 1. The zero-order valence-electron chi connectivity index (χ0n) is 25.3. The minimum absolute atomic E-state index is 0.0173. The van der Waals surface area contributed by atoms with Gasteiger partial charge < -0.3 is 19.7 Å². The first-order chi connectivity index (χ1) is 22.4. The van der Waals surface area contributed by atoms with Gasteiger partial charge in [0, 0.05) is 80.2 Å². The fourth-order valence-corrected chi connectivity index (χ4v) is 6.45. The molecule has 2 aliphatic rings. The van der Waals surface area contributed by atoms with Crippen molar-refractivity contribution in [1.29, 1.82) is 0 Å². The van der Waals surface area contributed by atoms with Crippen LogP contribution in [0.3, 0.4) is 0 Å². The first kappa shape index (κ1) is 32.4. The smallest absolute Gasteiger partial charge is 0.368 e. The predicted molar refractivity (Wildman–Crippen MR) is 165 cm³/mol. The normalized spacial score (nSPS) is 18.2. The Balaban J connectivity index is 1.21. The number of rotatable bonds is 6. The van der Waals surface area contributed by atoms with Gasteiger partial charge in [-0.1, -0.05) is 36.4 Å². The number of fused-ring (bicyclic) bond motifs is 1. The number of hydrogen-bond acceptors (Lipinski definition) is 4. The van der Waals surface area contributed by atoms with Crippen molar-refractivity contribution in [2.45, 2.75) is 24.8 Å². The summed E-state index contributed by atoms with van der Waals surface area (Å²) in [7, 11) is 0. The third kappa shape index (κ3) is 7.24. The fourth-order valence-electron chi connectivity index (χ4n) is 6.45. The van der Waals surface area contributed by atoms with Gasteiger partial charge in [0.25, 0.3) is 5.91 Å². The van der Waals surface area contributed by atoms with E-state index in [1.54, 1.807) is 11.1 Å². The van der Waals surface area contributed by atoms with E-state index in [1.165, 1.54) is 4.90 Å². The van der Waals surface area contributed by atoms with Crippen molar-refractivity contribution in [3.63, 3.8) is 0 Å². The molecule has 3 heterocycles. The number of benzene rings is 3. The average Bonchev–Trinajstić information content (AvgIpc) is 3.46. The summed E-state index contributed by atoms with van der Waals surface area (Å²) in [6.07, 6.45) is -8.09. The van der Waals surface area contributed by atoms with Crippen molar-refractivity contribution >= 4 is 28.4 Å². The van der Waals surface area contributed by atoms with Crippen LogP contribution in [0.15, 0.2) is 79.0 Å². The Morgan fingerprint density at radius 3 is 2.06 bits per heavy atom. The molecule has 13 heteroatoms. The predicted octanol–water partition coefficient (Wildman–Crippen LogP) is 5.92. The second kappa shape index (κ2) is 12.9. The largest absolute Gasteiger partial charge is 0.416 e. The van der Waals surface area contributed by atoms with E-state index in [2.05, 4.69) is 9.88 Å². The Kier molecular flexibility index (Phi) is 8.93. The fraction of sp³-hybridized carbons (Fsp3) is 0.353. The topological polar surface area (TPSA) is 62.9 Å². The van der Waals surface area contributed by atoms with Crippen molar-refractivity contribution in [1.82, 2.24) is 19.7 Å². The summed E-state index contributed by atoms with van der Waals surface area (Å²) in [5.74, 6) is -0.995. The van der Waals surface area contributed by atoms with E-state index in [-0.39, 0.29) is 44.6 Å². The van der Waals surface area contributed by atoms with Crippen LogP contribution >= 0.6 is 0 Å². The zero-order valence-corrected chi connectivity index (χ0v) is 25.3. The summed E-state index contributed by atoms with van der Waals surface area (Å²) in [5, 5.41) is 0.891. The maximum absolute atomic E-state index is 13.8. The number of hydrogen-bond donors (Lipinski definition) is 1. The second-order valence-electron chi connectivity index (χ2n) is 11.9. The Morgan fingerprint density at radius 2 is 1.40 bits per heavy atom. The van der Waals surface area contributed by atoms with Crippen molar-refractivity contribution in [2.24, 2.45) is 0 Å². The molecule has 7 nitrogen and oxygen atoms in total. The lowest BCUT2D eigenvalue weighted by Gasteiger charge is -2.42. The molecule has 248 valence electrons. The molecular formula is C34H33F6N5O2. The lowest BCUT2D eigenvalue weighted by Crippen LogP contribution is -2.58. The number of aromatic amines is 1. The minimum Gasteiger partial charge on any atom is -0.368 e. The molecule has 1 N–H and O–H groups in total. The zero-order chi connectivity index (χ0) is 33.3. The molecule has 6 rings (SSSR count). The first-order valence-corrected chi connectivity index (χ1v) is 15.3. The molecule has 47 heavy (non-hydrogen) atoms. The molecule has 1 aromatic heterocycles. The standard InChI is InChI=1S/C34H33F6N5O2/c35-33(36,37)25-16-23(17-26(19-25)34(38,39)40)32(47)45-15-10-42(21-28(45)18-24-20-41-30-9-5-4-8-29(24)30)22-31(46)44-13-11-43(12-14-44)27-6-2-1-3-7-27/h1-9,16-17,19-20,28,41H,10-15,18,21-22H2. The third-order valence-electron chi connectivity index (χ3n) is 8.91. The van der Waals surface area contributed by atoms with Crippen molar-refractivity contribution in [3.8, 4) is 0 Å². The molecule has 0 aliphatic carbocycles. The van der Waals surface area contributed by atoms with Crippen molar-refractivity contribution < 1.29 is 35.9 Å². The summed E-state index contributed by atoms with van der Waals surface area (Å²) < 4.78 is 81.7. The number of carbonyl (C=O) groups is 2. The van der Waals surface area contributed by atoms with E-state index in [9.17, 15) is 35.9 Å². The maximum atomic E-state index is 13.8. The lowest BCUT2D eigenvalue weighted by atomic mass is 9.98. The highest BCUT2D eigenvalue weighted by Crippen LogP contribution is 2.37. The molecule has 2 aliphatic heterocycles. The van der Waals surface area contributed by atoms with Crippen molar-refractivity contribution in [2.75, 3.05) is 57.3 Å². The third-order valence-corrected chi connectivity index (χ3v) is 8.91. The number of nitrogens with one attached hydrogen (secondary N) is 1. The summed E-state index contributed by atoms with van der Waals surface area (Å²) in [6, 6.07) is 17.8. The first-order valence-electron chi connectivity index (χ1n) is 15.3. The molecule has 0 bridgehead atoms. The van der Waals surface area contributed by atoms with Gasteiger partial charge in [-0.05, 0) is 48.4 Å². The van der Waals surface area contributed by atoms with Crippen LogP contribution in [0.4, 0.5) is 32.0 Å². The number of nitrogens with zero attached hydrogens (tertiary/aromatic N) is 4. The Morgan fingerprint density at radius 1 is 0.766 bits per heavy atom. The van der Waals surface area contributed by atoms with Crippen LogP contribution in [0.1, 0.15) is 27.0 Å². The van der Waals surface area contributed by atoms with Gasteiger partial charge >= 0.3 is 12.4 Å². The van der Waals surface area contributed by atoms with Gasteiger partial charge in [-0.2, -0.15) is 26.3 Å². The number of amides is 2. The highest BCUT2D eigenvalue weighted by Gasteiger charge is 2.39. The molecule has 0 spiro atoms. The van der Waals surface area contributed by atoms with Gasteiger partial charge in [0.15, 0.2) is 0 Å². The van der Waals surface area contributed by atoms with Crippen LogP contribution in [0.25, 0.3) is 10.9 Å². The Hall–Kier alpha value is -4.52. The van der Waals surface area contributed by atoms with E-state index in [1.807, 2.05) is 59.5 Å². The molecular weight excluding hydrogens is 624 g/mol. The molecule has 2 saturated heterocycles. The van der Waals surface area contributed by atoms with Crippen LogP contribution < -0.4 is 4.90 Å². The van der Waals surface area contributed by atoms with E-state index in [0.29, 0.717) is 38.3 Å². The molecule has 0 radical (unpaired) electrons. The van der Waals surface area contributed by atoms with E-state index in [0.717, 1.165) is 22.2 Å². The van der Waals surface area contributed by atoms with Gasteiger partial charge in [-0.15, -0.1) is 0 Å². The maximum Gasteiger partial charge on any atom is 0.416 e. The van der Waals surface area contributed by atoms with Crippen LogP contribution in [-0.4, -0.2) is 89.9 Å². The SMILES string of the molecule is O=C(CN1CCN(C(=O)c2cc(C(F)(F)F)cc(C(F)(F)F)c2)C(Cc2c[nH]c3ccccc23)C1)N1CCN(c2ccccc2)CC1. The van der Waals surface area contributed by atoms with E-state index < -0.39 is 41.0 Å². The Labute approximate surface area is 267 Å². The number of piperazine rings is 2. The number of para-hydroxylation sites is 2. The number of anilines is 1. The van der Waals surface area contributed by atoms with E-state index >= 15 is 0 Å². The highest BCUT2D eigenvalue weighted by molar-refractivity contribution is 5.95. The molecule has 1 unspecified atom stereocenters. The van der Waals surface area contributed by atoms with Gasteiger partial charge in [0.1, 0.15) is 0 Å². The summed E-state index contributed by atoms with van der Waals surface area (Å²) in [5.41, 5.74) is -0.986. The summed E-state index contributed by atoms with van der Waals surface area (Å²) in [6.45, 7) is 3.00. The quantitative estimate of drug-likeness (QED) is 0.262. The molecule has 4 aromatic rings. The number of halogens is 6. The molecule has 2 fully saturated rings. The number of carbonyl (C=O) groups excluding carboxylic acids is 2. The van der Waals surface area contributed by atoms with Crippen LogP contribution in [0.5, 0.6) is 0 Å². The van der Waals surface area contributed by atoms with Gasteiger partial charge in [0.2, 0.25) is 5.91 Å². The van der Waals surface area contributed by atoms with Gasteiger partial charge in [0.05, 0.1) is 17.7 Å². The second-order valence-corrected chi connectivity index (χ2v) is 11.9. The van der Waals surface area contributed by atoms with Crippen LogP contribution in [-0.2, 0) is 23.6 Å². The van der Waals surface area contributed by atoms with E-state index in [4.69, 9.17) is 0 Å². The van der Waals surface area contributed by atoms with Gasteiger partial charge in [-0.25, -0.2) is 0 Å². The van der Waals surface area contributed by atoms with Gasteiger partial charge in [-0.3, -0.25) is 14.5 Å². The Bertz CT molecular complexity index is 1700. The summed E-state index contributed by atoms with van der Waals surface area (Å²) in [4.78, 5) is 37.6. The molecule has 1 atom stereocenters. The number of H-pyrrole nitrogens is 1. The summed E-state index contributed by atoms with van der Waals surface area (Å²) >= 11 is 0. The monoisotopic (exact) mass is 657 g/mol. The average molecular weight is 658 g/mol. The highest BCUT2D eigenvalue weighted by atomic mass is 19.4. The molecule has 3 aromatic carbocycles. The minimum atomic E-state index is -5.08. The van der Waals surface area contributed by atoms with Crippen LogP contribution in [0, 0.1) is 0 Å². The lowest BCUT2D eigenvalue weighted by molar-refractivity contribution is -0.143.